The average Bonchev–Trinajstić information content (AvgIpc) is 2.38. The van der Waals surface area contributed by atoms with Crippen LogP contribution >= 0.6 is 11.8 Å². The summed E-state index contributed by atoms with van der Waals surface area (Å²) in [6.45, 7) is 0.873. The van der Waals surface area contributed by atoms with Crippen LogP contribution in [0.25, 0.3) is 0 Å². The first-order valence-corrected chi connectivity index (χ1v) is 6.52. The molecule has 2 heterocycles. The predicted molar refractivity (Wildman–Crippen MR) is 65.3 cm³/mol. The molecule has 4 nitrogen and oxygen atoms in total. The lowest BCUT2D eigenvalue weighted by Gasteiger charge is -2.21. The Balaban J connectivity index is 1.91. The normalized spacial score (nSPS) is 20.1. The van der Waals surface area contributed by atoms with Crippen molar-refractivity contribution in [1.82, 2.24) is 10.2 Å². The van der Waals surface area contributed by atoms with E-state index in [2.05, 4.69) is 21.6 Å². The molecule has 0 aromatic carbocycles. The monoisotopic (exact) mass is 234 g/mol. The van der Waals surface area contributed by atoms with E-state index in [-0.39, 0.29) is 0 Å². The number of nitriles is 1. The van der Waals surface area contributed by atoms with E-state index in [1.807, 2.05) is 11.8 Å². The van der Waals surface area contributed by atoms with E-state index in [0.717, 1.165) is 6.54 Å². The summed E-state index contributed by atoms with van der Waals surface area (Å²) in [7, 11) is 0. The van der Waals surface area contributed by atoms with Crippen LogP contribution in [0.4, 0.5) is 5.82 Å². The van der Waals surface area contributed by atoms with Gasteiger partial charge in [0.05, 0.1) is 11.8 Å². The lowest BCUT2D eigenvalue weighted by atomic mass is 10.2. The second-order valence-electron chi connectivity index (χ2n) is 3.77. The highest BCUT2D eigenvalue weighted by Gasteiger charge is 2.14. The van der Waals surface area contributed by atoms with E-state index >= 15 is 0 Å². The van der Waals surface area contributed by atoms with Crippen molar-refractivity contribution in [1.29, 1.82) is 5.26 Å². The first-order chi connectivity index (χ1) is 7.90. The van der Waals surface area contributed by atoms with E-state index in [0.29, 0.717) is 16.6 Å². The molecule has 84 valence electrons. The molecule has 0 saturated carbocycles. The van der Waals surface area contributed by atoms with Gasteiger partial charge in [0, 0.05) is 11.8 Å². The van der Waals surface area contributed by atoms with E-state index in [1.54, 1.807) is 12.3 Å². The largest absolute Gasteiger partial charge is 0.366 e. The molecule has 1 aliphatic rings. The van der Waals surface area contributed by atoms with Crippen LogP contribution < -0.4 is 5.32 Å². The fourth-order valence-corrected chi connectivity index (χ4v) is 2.97. The van der Waals surface area contributed by atoms with Crippen molar-refractivity contribution < 1.29 is 0 Å². The lowest BCUT2D eigenvalue weighted by Crippen LogP contribution is -2.21. The van der Waals surface area contributed by atoms with Gasteiger partial charge in [-0.25, -0.2) is 0 Å². The van der Waals surface area contributed by atoms with Gasteiger partial charge in [0.1, 0.15) is 6.07 Å². The fraction of sp³-hybridized carbons (Fsp3) is 0.545. The van der Waals surface area contributed by atoms with Crippen LogP contribution in [0.15, 0.2) is 12.3 Å². The fourth-order valence-electron chi connectivity index (χ4n) is 1.73. The van der Waals surface area contributed by atoms with Gasteiger partial charge in [-0.1, -0.05) is 6.42 Å². The summed E-state index contributed by atoms with van der Waals surface area (Å²) in [6.07, 6.45) is 5.43. The molecule has 1 saturated heterocycles. The number of thioether (sulfide) groups is 1. The van der Waals surface area contributed by atoms with Crippen LogP contribution in [0.3, 0.4) is 0 Å². The third kappa shape index (κ3) is 2.86. The minimum absolute atomic E-state index is 0.566. The Morgan fingerprint density at radius 1 is 1.56 bits per heavy atom. The number of rotatable bonds is 3. The van der Waals surface area contributed by atoms with E-state index < -0.39 is 0 Å². The Morgan fingerprint density at radius 2 is 2.50 bits per heavy atom. The van der Waals surface area contributed by atoms with Crippen molar-refractivity contribution in [2.24, 2.45) is 0 Å². The molecule has 1 aromatic rings. The number of hydrogen-bond donors (Lipinski definition) is 1. The lowest BCUT2D eigenvalue weighted by molar-refractivity contribution is 0.676. The molecule has 1 N–H and O–H groups in total. The van der Waals surface area contributed by atoms with Crippen molar-refractivity contribution in [3.63, 3.8) is 0 Å². The van der Waals surface area contributed by atoms with Gasteiger partial charge in [-0.15, -0.1) is 5.10 Å². The molecule has 0 aliphatic carbocycles. The SMILES string of the molecule is N#Cc1ccnnc1NCC1CCCCS1. The topological polar surface area (TPSA) is 61.6 Å². The summed E-state index contributed by atoms with van der Waals surface area (Å²) in [6, 6.07) is 3.80. The zero-order valence-electron chi connectivity index (χ0n) is 9.02. The number of anilines is 1. The molecule has 1 aromatic heterocycles. The highest BCUT2D eigenvalue weighted by molar-refractivity contribution is 7.99. The molecule has 0 amide bonds. The molecule has 1 aliphatic heterocycles. The summed E-state index contributed by atoms with van der Waals surface area (Å²) in [4.78, 5) is 0. The predicted octanol–water partition coefficient (Wildman–Crippen LogP) is 2.05. The van der Waals surface area contributed by atoms with Crippen molar-refractivity contribution in [3.05, 3.63) is 17.8 Å². The third-order valence-corrected chi connectivity index (χ3v) is 4.01. The first kappa shape index (κ1) is 11.2. The highest BCUT2D eigenvalue weighted by Crippen LogP contribution is 2.25. The molecule has 2 rings (SSSR count). The molecule has 1 fully saturated rings. The van der Waals surface area contributed by atoms with Gasteiger partial charge < -0.3 is 5.32 Å². The second kappa shape index (κ2) is 5.71. The number of hydrogen-bond acceptors (Lipinski definition) is 5. The van der Waals surface area contributed by atoms with Crippen LogP contribution in [0.1, 0.15) is 24.8 Å². The Hall–Kier alpha value is -1.28. The summed E-state index contributed by atoms with van der Waals surface area (Å²) >= 11 is 2.00. The zero-order valence-corrected chi connectivity index (χ0v) is 9.83. The van der Waals surface area contributed by atoms with Gasteiger partial charge in [0.25, 0.3) is 0 Å². The second-order valence-corrected chi connectivity index (χ2v) is 5.18. The first-order valence-electron chi connectivity index (χ1n) is 5.47. The quantitative estimate of drug-likeness (QED) is 0.867. The van der Waals surface area contributed by atoms with Crippen LogP contribution in [0.5, 0.6) is 0 Å². The molecule has 0 spiro atoms. The minimum atomic E-state index is 0.566. The Labute approximate surface area is 99.5 Å². The van der Waals surface area contributed by atoms with Gasteiger partial charge in [-0.05, 0) is 24.7 Å². The van der Waals surface area contributed by atoms with Crippen molar-refractivity contribution in [2.75, 3.05) is 17.6 Å². The summed E-state index contributed by atoms with van der Waals surface area (Å²) < 4.78 is 0. The number of nitrogens with one attached hydrogen (secondary N) is 1. The molecule has 0 radical (unpaired) electrons. The summed E-state index contributed by atoms with van der Waals surface area (Å²) in [5, 5.41) is 20.5. The van der Waals surface area contributed by atoms with Crippen molar-refractivity contribution in [2.45, 2.75) is 24.5 Å². The zero-order chi connectivity index (χ0) is 11.2. The minimum Gasteiger partial charge on any atom is -0.366 e. The number of nitrogens with zero attached hydrogens (tertiary/aromatic N) is 3. The highest BCUT2D eigenvalue weighted by atomic mass is 32.2. The molecule has 1 unspecified atom stereocenters. The van der Waals surface area contributed by atoms with Crippen LogP contribution in [-0.4, -0.2) is 27.7 Å². The third-order valence-electron chi connectivity index (χ3n) is 2.61. The van der Waals surface area contributed by atoms with Crippen molar-refractivity contribution in [3.8, 4) is 6.07 Å². The maximum atomic E-state index is 8.89. The van der Waals surface area contributed by atoms with Crippen molar-refractivity contribution >= 4 is 17.6 Å². The van der Waals surface area contributed by atoms with E-state index in [4.69, 9.17) is 5.26 Å². The summed E-state index contributed by atoms with van der Waals surface area (Å²) in [5.41, 5.74) is 0.566. The molecule has 16 heavy (non-hydrogen) atoms. The Morgan fingerprint density at radius 3 is 3.25 bits per heavy atom. The van der Waals surface area contributed by atoms with Gasteiger partial charge >= 0.3 is 0 Å². The van der Waals surface area contributed by atoms with Gasteiger partial charge in [0.2, 0.25) is 0 Å². The number of aromatic nitrogens is 2. The van der Waals surface area contributed by atoms with Crippen LogP contribution in [0.2, 0.25) is 0 Å². The Bertz CT molecular complexity index is 382. The molecule has 1 atom stereocenters. The maximum Gasteiger partial charge on any atom is 0.166 e. The van der Waals surface area contributed by atoms with E-state index in [1.165, 1.54) is 25.0 Å². The summed E-state index contributed by atoms with van der Waals surface area (Å²) in [5.74, 6) is 1.86. The van der Waals surface area contributed by atoms with Crippen LogP contribution in [-0.2, 0) is 0 Å². The van der Waals surface area contributed by atoms with Gasteiger partial charge in [-0.2, -0.15) is 22.1 Å². The molecule has 0 bridgehead atoms. The molecular weight excluding hydrogens is 220 g/mol. The molecule has 5 heteroatoms. The van der Waals surface area contributed by atoms with Crippen LogP contribution in [0, 0.1) is 11.3 Å². The van der Waals surface area contributed by atoms with E-state index in [9.17, 15) is 0 Å². The average molecular weight is 234 g/mol. The maximum absolute atomic E-state index is 8.89. The Kier molecular flexibility index (Phi) is 4.00. The van der Waals surface area contributed by atoms with Gasteiger partial charge in [0.15, 0.2) is 5.82 Å². The smallest absolute Gasteiger partial charge is 0.166 e. The van der Waals surface area contributed by atoms with Gasteiger partial charge in [-0.3, -0.25) is 0 Å². The standard InChI is InChI=1S/C11H14N4S/c12-7-9-4-5-14-15-11(9)13-8-10-3-1-2-6-16-10/h4-5,10H,1-3,6,8H2,(H,13,15). The molecular formula is C11H14N4S.